The lowest BCUT2D eigenvalue weighted by molar-refractivity contribution is -0.134. The Kier molecular flexibility index (Phi) is 5.14. The second-order valence-electron chi connectivity index (χ2n) is 5.95. The van der Waals surface area contributed by atoms with Gasteiger partial charge in [0.1, 0.15) is 6.04 Å². The van der Waals surface area contributed by atoms with Crippen LogP contribution in [0.15, 0.2) is 0 Å². The highest BCUT2D eigenvalue weighted by atomic mass is 16.5. The van der Waals surface area contributed by atoms with E-state index in [9.17, 15) is 9.59 Å². The van der Waals surface area contributed by atoms with Gasteiger partial charge in [0.2, 0.25) is 11.8 Å². The molecule has 0 spiro atoms. The molecule has 5 nitrogen and oxygen atoms in total. The Morgan fingerprint density at radius 2 is 2.06 bits per heavy atom. The third kappa shape index (κ3) is 4.64. The predicted molar refractivity (Wildman–Crippen MR) is 69.1 cm³/mol. The van der Waals surface area contributed by atoms with E-state index in [0.29, 0.717) is 32.5 Å². The van der Waals surface area contributed by atoms with Gasteiger partial charge in [-0.1, -0.05) is 20.8 Å². The molecule has 1 unspecified atom stereocenters. The van der Waals surface area contributed by atoms with Gasteiger partial charge in [0.05, 0.1) is 6.61 Å². The van der Waals surface area contributed by atoms with E-state index < -0.39 is 6.04 Å². The van der Waals surface area contributed by atoms with E-state index in [4.69, 9.17) is 4.74 Å². The van der Waals surface area contributed by atoms with Crippen LogP contribution in [-0.2, 0) is 14.3 Å². The van der Waals surface area contributed by atoms with E-state index in [-0.39, 0.29) is 17.2 Å². The monoisotopic (exact) mass is 256 g/mol. The van der Waals surface area contributed by atoms with E-state index in [1.54, 1.807) is 12.0 Å². The lowest BCUT2D eigenvalue weighted by Gasteiger charge is -2.28. The van der Waals surface area contributed by atoms with Crippen LogP contribution in [0.5, 0.6) is 0 Å². The van der Waals surface area contributed by atoms with E-state index in [1.165, 1.54) is 0 Å². The molecular weight excluding hydrogens is 232 g/mol. The zero-order valence-corrected chi connectivity index (χ0v) is 11.8. The van der Waals surface area contributed by atoms with E-state index in [0.717, 1.165) is 0 Å². The fourth-order valence-corrected chi connectivity index (χ4v) is 2.07. The molecule has 0 bridgehead atoms. The molecule has 0 radical (unpaired) electrons. The van der Waals surface area contributed by atoms with Gasteiger partial charge in [-0.3, -0.25) is 9.59 Å². The topological polar surface area (TPSA) is 58.6 Å². The summed E-state index contributed by atoms with van der Waals surface area (Å²) in [6.45, 7) is 7.73. The molecule has 5 heteroatoms. The first-order chi connectivity index (χ1) is 8.33. The Labute approximate surface area is 109 Å². The van der Waals surface area contributed by atoms with Gasteiger partial charge in [0.15, 0.2) is 0 Å². The minimum atomic E-state index is -0.406. The van der Waals surface area contributed by atoms with Crippen molar-refractivity contribution in [2.75, 3.05) is 26.8 Å². The molecule has 0 aromatic heterocycles. The number of carbonyl (C=O) groups excluding carboxylic acids is 2. The van der Waals surface area contributed by atoms with Crippen molar-refractivity contribution in [2.45, 2.75) is 39.7 Å². The Bertz CT molecular complexity index is 310. The summed E-state index contributed by atoms with van der Waals surface area (Å²) in [4.78, 5) is 25.7. The van der Waals surface area contributed by atoms with Crippen LogP contribution in [0.25, 0.3) is 0 Å². The molecule has 0 aromatic carbocycles. The van der Waals surface area contributed by atoms with Crippen molar-refractivity contribution < 1.29 is 14.3 Å². The molecule has 18 heavy (non-hydrogen) atoms. The first-order valence-electron chi connectivity index (χ1n) is 6.40. The van der Waals surface area contributed by atoms with Crippen LogP contribution in [0.2, 0.25) is 0 Å². The number of rotatable bonds is 4. The highest BCUT2D eigenvalue weighted by Crippen LogP contribution is 2.22. The maximum atomic E-state index is 12.3. The van der Waals surface area contributed by atoms with Gasteiger partial charge >= 0.3 is 0 Å². The van der Waals surface area contributed by atoms with Crippen molar-refractivity contribution in [2.24, 2.45) is 5.41 Å². The molecular formula is C13H24N2O3. The van der Waals surface area contributed by atoms with Gasteiger partial charge in [0.25, 0.3) is 0 Å². The molecule has 1 aliphatic rings. The minimum Gasteiger partial charge on any atom is -0.383 e. The molecule has 0 aromatic rings. The van der Waals surface area contributed by atoms with Gasteiger partial charge in [-0.25, -0.2) is 0 Å². The summed E-state index contributed by atoms with van der Waals surface area (Å²) in [5, 5.41) is 2.82. The van der Waals surface area contributed by atoms with E-state index in [1.807, 2.05) is 0 Å². The van der Waals surface area contributed by atoms with E-state index in [2.05, 4.69) is 26.1 Å². The van der Waals surface area contributed by atoms with Crippen molar-refractivity contribution in [3.05, 3.63) is 0 Å². The molecule has 1 aliphatic heterocycles. The molecule has 104 valence electrons. The minimum absolute atomic E-state index is 0.00483. The third-order valence-electron chi connectivity index (χ3n) is 2.94. The lowest BCUT2D eigenvalue weighted by Crippen LogP contribution is -2.47. The lowest BCUT2D eigenvalue weighted by atomic mass is 9.87. The molecule has 1 rings (SSSR count). The average molecular weight is 256 g/mol. The molecule has 1 atom stereocenters. The first kappa shape index (κ1) is 15.0. The number of nitrogens with zero attached hydrogens (tertiary/aromatic N) is 1. The van der Waals surface area contributed by atoms with Crippen molar-refractivity contribution in [1.82, 2.24) is 10.2 Å². The van der Waals surface area contributed by atoms with Crippen LogP contribution >= 0.6 is 0 Å². The first-order valence-corrected chi connectivity index (χ1v) is 6.40. The summed E-state index contributed by atoms with van der Waals surface area (Å²) >= 11 is 0. The van der Waals surface area contributed by atoms with E-state index >= 15 is 0 Å². The number of ether oxygens (including phenoxy) is 1. The quantitative estimate of drug-likeness (QED) is 0.809. The Balaban J connectivity index is 2.73. The Morgan fingerprint density at radius 3 is 2.61 bits per heavy atom. The SMILES string of the molecule is COCCN1CCC(=O)NC(CC(C)(C)C)C1=O. The van der Waals surface area contributed by atoms with Crippen molar-refractivity contribution in [1.29, 1.82) is 0 Å². The smallest absolute Gasteiger partial charge is 0.245 e. The maximum absolute atomic E-state index is 12.3. The zero-order valence-electron chi connectivity index (χ0n) is 11.8. The molecule has 1 fully saturated rings. The highest BCUT2D eigenvalue weighted by Gasteiger charge is 2.32. The highest BCUT2D eigenvalue weighted by molar-refractivity contribution is 5.89. The molecule has 1 saturated heterocycles. The summed E-state index contributed by atoms with van der Waals surface area (Å²) in [5.41, 5.74) is 0.00483. The number of nitrogens with one attached hydrogen (secondary N) is 1. The molecule has 1 heterocycles. The van der Waals surface area contributed by atoms with Gasteiger partial charge in [0, 0.05) is 26.6 Å². The molecule has 1 N–H and O–H groups in total. The van der Waals surface area contributed by atoms with Crippen LogP contribution in [0.4, 0.5) is 0 Å². The molecule has 0 aliphatic carbocycles. The standard InChI is InChI=1S/C13H24N2O3/c1-13(2,3)9-10-12(17)15(7-8-18-4)6-5-11(16)14-10/h10H,5-9H2,1-4H3,(H,14,16). The maximum Gasteiger partial charge on any atom is 0.245 e. The normalized spacial score (nSPS) is 21.8. The second-order valence-corrected chi connectivity index (χ2v) is 5.95. The zero-order chi connectivity index (χ0) is 13.8. The van der Waals surface area contributed by atoms with Gasteiger partial charge in [-0.05, 0) is 11.8 Å². The molecule has 0 saturated carbocycles. The van der Waals surface area contributed by atoms with Gasteiger partial charge in [-0.15, -0.1) is 0 Å². The Hall–Kier alpha value is -1.10. The summed E-state index contributed by atoms with van der Waals surface area (Å²) in [6.07, 6.45) is 1.02. The summed E-state index contributed by atoms with van der Waals surface area (Å²) in [5.74, 6) is -0.0367. The van der Waals surface area contributed by atoms with Crippen molar-refractivity contribution >= 4 is 11.8 Å². The number of amides is 2. The Morgan fingerprint density at radius 1 is 1.39 bits per heavy atom. The summed E-state index contributed by atoms with van der Waals surface area (Å²) in [6, 6.07) is -0.406. The number of hydrogen-bond donors (Lipinski definition) is 1. The van der Waals surface area contributed by atoms with Crippen LogP contribution < -0.4 is 5.32 Å². The van der Waals surface area contributed by atoms with Crippen LogP contribution in [-0.4, -0.2) is 49.6 Å². The van der Waals surface area contributed by atoms with Crippen LogP contribution in [0.3, 0.4) is 0 Å². The van der Waals surface area contributed by atoms with Crippen LogP contribution in [0, 0.1) is 5.41 Å². The summed E-state index contributed by atoms with van der Waals surface area (Å²) in [7, 11) is 1.61. The number of hydrogen-bond acceptors (Lipinski definition) is 3. The number of methoxy groups -OCH3 is 1. The summed E-state index contributed by atoms with van der Waals surface area (Å²) < 4.78 is 5.00. The average Bonchev–Trinajstić information content (AvgIpc) is 2.36. The largest absolute Gasteiger partial charge is 0.383 e. The predicted octanol–water partition coefficient (Wildman–Crippen LogP) is 0.786. The van der Waals surface area contributed by atoms with Gasteiger partial charge < -0.3 is 15.0 Å². The fourth-order valence-electron chi connectivity index (χ4n) is 2.07. The fraction of sp³-hybridized carbons (Fsp3) is 0.846. The van der Waals surface area contributed by atoms with Crippen LogP contribution in [0.1, 0.15) is 33.6 Å². The van der Waals surface area contributed by atoms with Crippen molar-refractivity contribution in [3.8, 4) is 0 Å². The second kappa shape index (κ2) is 6.18. The molecule has 2 amide bonds. The van der Waals surface area contributed by atoms with Gasteiger partial charge in [-0.2, -0.15) is 0 Å². The number of carbonyl (C=O) groups is 2. The third-order valence-corrected chi connectivity index (χ3v) is 2.94. The van der Waals surface area contributed by atoms with Crippen molar-refractivity contribution in [3.63, 3.8) is 0 Å².